The molecule has 0 atom stereocenters. The normalized spacial score (nSPS) is 11.0. The molecule has 6 aromatic rings. The van der Waals surface area contributed by atoms with Crippen molar-refractivity contribution in [2.45, 2.75) is 27.7 Å². The first-order valence-electron chi connectivity index (χ1n) is 15.8. The van der Waals surface area contributed by atoms with Crippen molar-refractivity contribution in [3.05, 3.63) is 174 Å². The Kier molecular flexibility index (Phi) is 11.1. The van der Waals surface area contributed by atoms with Crippen molar-refractivity contribution < 1.29 is 19.4 Å². The lowest BCUT2D eigenvalue weighted by Crippen LogP contribution is -2.01. The number of ketones is 2. The van der Waals surface area contributed by atoms with E-state index in [0.717, 1.165) is 22.5 Å². The molecule has 0 fully saturated rings. The fourth-order valence-corrected chi connectivity index (χ4v) is 4.89. The minimum Gasteiger partial charge on any atom is -0.287 e. The number of benzene rings is 4. The average molecular weight is 697 g/mol. The van der Waals surface area contributed by atoms with Crippen LogP contribution in [0.25, 0.3) is 23.5 Å². The van der Waals surface area contributed by atoms with Gasteiger partial charge in [0, 0.05) is 24.3 Å². The average Bonchev–Trinajstić information content (AvgIpc) is 3.73. The highest BCUT2D eigenvalue weighted by Gasteiger charge is 2.16. The van der Waals surface area contributed by atoms with Crippen LogP contribution < -0.4 is 0 Å². The summed E-state index contributed by atoms with van der Waals surface area (Å²) in [4.78, 5) is 45.2. The Morgan fingerprint density at radius 1 is 0.538 bits per heavy atom. The van der Waals surface area contributed by atoms with E-state index in [4.69, 9.17) is 0 Å². The van der Waals surface area contributed by atoms with Gasteiger partial charge in [0.2, 0.25) is 11.6 Å². The molecule has 6 rings (SSSR count). The number of carbonyl (C=O) groups excluding carboxylic acids is 2. The molecule has 52 heavy (non-hydrogen) atoms. The number of nitro benzene ring substituents is 2. The van der Waals surface area contributed by atoms with Crippen molar-refractivity contribution in [2.24, 2.45) is 0 Å². The number of hydrogen-bond acceptors (Lipinski definition) is 10. The molecule has 0 unspecified atom stereocenters. The third-order valence-electron chi connectivity index (χ3n) is 7.88. The summed E-state index contributed by atoms with van der Waals surface area (Å²) in [5.74, 6) is -0.557. The molecule has 0 amide bonds. The van der Waals surface area contributed by atoms with E-state index in [1.807, 2.05) is 62.4 Å². The van der Waals surface area contributed by atoms with E-state index in [1.165, 1.54) is 36.4 Å². The summed E-state index contributed by atoms with van der Waals surface area (Å²) in [7, 11) is 0. The zero-order valence-electron chi connectivity index (χ0n) is 28.6. The van der Waals surface area contributed by atoms with E-state index in [1.54, 1.807) is 59.6 Å². The van der Waals surface area contributed by atoms with Gasteiger partial charge in [0.25, 0.3) is 11.4 Å². The Labute approximate surface area is 297 Å². The van der Waals surface area contributed by atoms with Gasteiger partial charge in [0.15, 0.2) is 11.4 Å². The highest BCUT2D eigenvalue weighted by molar-refractivity contribution is 6.06. The molecular weight excluding hydrogens is 664 g/mol. The van der Waals surface area contributed by atoms with Crippen molar-refractivity contribution in [2.75, 3.05) is 0 Å². The van der Waals surface area contributed by atoms with Gasteiger partial charge in [0.1, 0.15) is 0 Å². The molecule has 0 radical (unpaired) electrons. The second-order valence-electron chi connectivity index (χ2n) is 11.6. The van der Waals surface area contributed by atoms with Crippen LogP contribution in [0.5, 0.6) is 0 Å². The molecule has 0 bridgehead atoms. The maximum absolute atomic E-state index is 12.4. The largest absolute Gasteiger partial charge is 0.287 e. The van der Waals surface area contributed by atoms with Crippen LogP contribution in [0.3, 0.4) is 0 Å². The van der Waals surface area contributed by atoms with Crippen LogP contribution in [0.1, 0.15) is 54.6 Å². The number of aryl methyl sites for hydroxylation is 2. The topological polar surface area (TPSA) is 182 Å². The summed E-state index contributed by atoms with van der Waals surface area (Å²) in [5.41, 5.74) is 7.14. The van der Waals surface area contributed by atoms with Gasteiger partial charge in [-0.3, -0.25) is 29.8 Å². The lowest BCUT2D eigenvalue weighted by molar-refractivity contribution is -0.385. The summed E-state index contributed by atoms with van der Waals surface area (Å²) < 4.78 is 3.23. The number of rotatable bonds is 10. The van der Waals surface area contributed by atoms with Gasteiger partial charge < -0.3 is 0 Å². The molecule has 0 N–H and O–H groups in total. The molecular formula is C38H32N8O6. The standard InChI is InChI=1S/2C19H16N4O3/c2*1-13-3-8-16(9-4-13)22-14(2)19(20-21-22)18(24)12-7-15-5-10-17(11-6-15)23(25)26/h2*3-12H,1-2H3/b2*12-7+. The smallest absolute Gasteiger partial charge is 0.269 e. The van der Waals surface area contributed by atoms with Crippen molar-refractivity contribution in [3.8, 4) is 11.4 Å². The number of nitro groups is 2. The van der Waals surface area contributed by atoms with E-state index in [0.29, 0.717) is 22.5 Å². The number of aromatic nitrogens is 6. The summed E-state index contributed by atoms with van der Waals surface area (Å²) >= 11 is 0. The Bertz CT molecular complexity index is 2140. The Hall–Kier alpha value is -7.22. The zero-order valence-corrected chi connectivity index (χ0v) is 28.6. The molecule has 2 heterocycles. The molecule has 0 aliphatic carbocycles. The van der Waals surface area contributed by atoms with Gasteiger partial charge in [-0.15, -0.1) is 10.2 Å². The Morgan fingerprint density at radius 2 is 0.865 bits per heavy atom. The third-order valence-corrected chi connectivity index (χ3v) is 7.88. The highest BCUT2D eigenvalue weighted by Crippen LogP contribution is 2.18. The van der Waals surface area contributed by atoms with Crippen LogP contribution >= 0.6 is 0 Å². The van der Waals surface area contributed by atoms with Crippen LogP contribution in [0.2, 0.25) is 0 Å². The van der Waals surface area contributed by atoms with E-state index in [2.05, 4.69) is 20.6 Å². The predicted molar refractivity (Wildman–Crippen MR) is 195 cm³/mol. The second-order valence-corrected chi connectivity index (χ2v) is 11.6. The Morgan fingerprint density at radius 3 is 1.17 bits per heavy atom. The first-order chi connectivity index (χ1) is 24.9. The number of non-ortho nitro benzene ring substituents is 2. The molecule has 2 aromatic heterocycles. The molecule has 0 saturated heterocycles. The van der Waals surface area contributed by atoms with E-state index in [9.17, 15) is 29.8 Å². The molecule has 0 saturated carbocycles. The first-order valence-corrected chi connectivity index (χ1v) is 15.8. The highest BCUT2D eigenvalue weighted by atomic mass is 16.6. The predicted octanol–water partition coefficient (Wildman–Crippen LogP) is 7.38. The summed E-state index contributed by atoms with van der Waals surface area (Å²) in [6.45, 7) is 7.56. The van der Waals surface area contributed by atoms with Crippen LogP contribution in [-0.4, -0.2) is 51.4 Å². The first kappa shape index (κ1) is 36.1. The fourth-order valence-electron chi connectivity index (χ4n) is 4.89. The van der Waals surface area contributed by atoms with E-state index >= 15 is 0 Å². The molecule has 14 heteroatoms. The molecule has 0 spiro atoms. The van der Waals surface area contributed by atoms with Crippen molar-refractivity contribution in [1.29, 1.82) is 0 Å². The number of hydrogen-bond donors (Lipinski definition) is 0. The summed E-state index contributed by atoms with van der Waals surface area (Å²) in [6.07, 6.45) is 5.96. The van der Waals surface area contributed by atoms with Crippen molar-refractivity contribution >= 4 is 35.1 Å². The fraction of sp³-hybridized carbons (Fsp3) is 0.105. The number of allylic oxidation sites excluding steroid dienone is 2. The maximum atomic E-state index is 12.4. The second kappa shape index (κ2) is 16.0. The van der Waals surface area contributed by atoms with E-state index in [-0.39, 0.29) is 34.3 Å². The van der Waals surface area contributed by atoms with Crippen molar-refractivity contribution in [1.82, 2.24) is 30.0 Å². The van der Waals surface area contributed by atoms with Gasteiger partial charge in [-0.1, -0.05) is 58.0 Å². The molecule has 0 aliphatic rings. The minimum atomic E-state index is -0.467. The quantitative estimate of drug-likeness (QED) is 0.0606. The Balaban J connectivity index is 0.000000201. The van der Waals surface area contributed by atoms with Gasteiger partial charge in [0.05, 0.1) is 32.6 Å². The SMILES string of the molecule is Cc1ccc(-n2nnc(C(=O)/C=C/c3ccc([N+](=O)[O-])cc3)c2C)cc1.Cc1ccc(-n2nnc(C(=O)/C=C/c3ccc([N+](=O)[O-])cc3)c2C)cc1. The summed E-state index contributed by atoms with van der Waals surface area (Å²) in [6, 6.07) is 27.4. The molecule has 260 valence electrons. The number of carbonyl (C=O) groups is 2. The lowest BCUT2D eigenvalue weighted by Gasteiger charge is -2.03. The van der Waals surface area contributed by atoms with Crippen LogP contribution in [-0.2, 0) is 0 Å². The lowest BCUT2D eigenvalue weighted by atomic mass is 10.1. The van der Waals surface area contributed by atoms with Crippen LogP contribution in [0.4, 0.5) is 11.4 Å². The summed E-state index contributed by atoms with van der Waals surface area (Å²) in [5, 5.41) is 37.4. The van der Waals surface area contributed by atoms with E-state index < -0.39 is 9.85 Å². The van der Waals surface area contributed by atoms with Crippen molar-refractivity contribution in [3.63, 3.8) is 0 Å². The van der Waals surface area contributed by atoms with Gasteiger partial charge in [-0.2, -0.15) is 0 Å². The zero-order chi connectivity index (χ0) is 37.4. The molecule has 4 aromatic carbocycles. The maximum Gasteiger partial charge on any atom is 0.269 e. The van der Waals surface area contributed by atoms with Crippen LogP contribution in [0, 0.1) is 47.9 Å². The van der Waals surface area contributed by atoms with Gasteiger partial charge in [-0.05, 0) is 99.5 Å². The minimum absolute atomic E-state index is 0.00496. The van der Waals surface area contributed by atoms with Gasteiger partial charge >= 0.3 is 0 Å². The third kappa shape index (κ3) is 8.67. The molecule has 0 aliphatic heterocycles. The number of nitrogens with zero attached hydrogens (tertiary/aromatic N) is 8. The molecule has 14 nitrogen and oxygen atoms in total. The van der Waals surface area contributed by atoms with Gasteiger partial charge in [-0.25, -0.2) is 9.36 Å². The monoisotopic (exact) mass is 696 g/mol. The van der Waals surface area contributed by atoms with Crippen LogP contribution in [0.15, 0.2) is 109 Å².